The molecule has 0 N–H and O–H groups in total. The zero-order chi connectivity index (χ0) is 18.6. The van der Waals surface area contributed by atoms with Crippen molar-refractivity contribution in [3.63, 3.8) is 0 Å². The van der Waals surface area contributed by atoms with E-state index in [0.29, 0.717) is 30.0 Å². The molecule has 1 amide bonds. The van der Waals surface area contributed by atoms with Crippen molar-refractivity contribution >= 4 is 17.5 Å². The fraction of sp³-hybridized carbons (Fsp3) is 0.286. The van der Waals surface area contributed by atoms with Crippen LogP contribution in [0.5, 0.6) is 0 Å². The van der Waals surface area contributed by atoms with Crippen molar-refractivity contribution in [3.05, 3.63) is 72.2 Å². The molecule has 1 aliphatic heterocycles. The number of ether oxygens (including phenoxy) is 1. The van der Waals surface area contributed by atoms with Gasteiger partial charge in [0, 0.05) is 24.8 Å². The lowest BCUT2D eigenvalue weighted by molar-refractivity contribution is -0.142. The summed E-state index contributed by atoms with van der Waals surface area (Å²) >= 11 is 0. The molecule has 1 aliphatic rings. The van der Waals surface area contributed by atoms with Crippen LogP contribution in [0, 0.1) is 0 Å². The van der Waals surface area contributed by atoms with Crippen LogP contribution in [-0.4, -0.2) is 39.3 Å². The zero-order valence-electron chi connectivity index (χ0n) is 15.0. The van der Waals surface area contributed by atoms with E-state index in [1.165, 1.54) is 6.20 Å². The average molecular weight is 363 g/mol. The van der Waals surface area contributed by atoms with Crippen LogP contribution in [0.1, 0.15) is 41.4 Å². The van der Waals surface area contributed by atoms with Crippen molar-refractivity contribution < 1.29 is 14.3 Å². The summed E-state index contributed by atoms with van der Waals surface area (Å²) in [5.41, 5.74) is 1.64. The number of rotatable bonds is 4. The zero-order valence-corrected chi connectivity index (χ0v) is 15.0. The highest BCUT2D eigenvalue weighted by Gasteiger charge is 2.31. The van der Waals surface area contributed by atoms with Crippen LogP contribution in [0.15, 0.2) is 60.9 Å². The summed E-state index contributed by atoms with van der Waals surface area (Å²) in [5.74, 6) is -0.726. The standard InChI is InChI=1S/C21H21N3O3/c25-20(23-12-6-2-7-13-23)19(16-9-3-1-4-10-16)27-21(26)17-15-22-18-11-5-8-14-24(17)18/h1,3-5,8-11,14-15,19H,2,6-7,12-13H2/t19-/m0/s1. The van der Waals surface area contributed by atoms with Gasteiger partial charge in [-0.1, -0.05) is 36.4 Å². The Labute approximate surface area is 157 Å². The molecule has 27 heavy (non-hydrogen) atoms. The first-order chi connectivity index (χ1) is 13.2. The predicted molar refractivity (Wildman–Crippen MR) is 100 cm³/mol. The minimum atomic E-state index is -0.953. The Balaban J connectivity index is 1.62. The number of hydrogen-bond donors (Lipinski definition) is 0. The third-order valence-corrected chi connectivity index (χ3v) is 4.85. The van der Waals surface area contributed by atoms with Crippen LogP contribution in [0.2, 0.25) is 0 Å². The molecule has 6 heteroatoms. The molecule has 6 nitrogen and oxygen atoms in total. The number of carbonyl (C=O) groups is 2. The van der Waals surface area contributed by atoms with Crippen molar-refractivity contribution in [2.45, 2.75) is 25.4 Å². The number of benzene rings is 1. The second-order valence-electron chi connectivity index (χ2n) is 6.65. The van der Waals surface area contributed by atoms with Crippen LogP contribution in [-0.2, 0) is 9.53 Å². The summed E-state index contributed by atoms with van der Waals surface area (Å²) in [5, 5.41) is 0. The Morgan fingerprint density at radius 3 is 2.48 bits per heavy atom. The van der Waals surface area contributed by atoms with E-state index in [9.17, 15) is 9.59 Å². The van der Waals surface area contributed by atoms with Gasteiger partial charge in [-0.2, -0.15) is 0 Å². The van der Waals surface area contributed by atoms with E-state index >= 15 is 0 Å². The SMILES string of the molecule is O=C(O[C@H](C(=O)N1CCCCC1)c1ccccc1)c1cnc2ccccn12. The topological polar surface area (TPSA) is 63.9 Å². The number of carbonyl (C=O) groups excluding carboxylic acids is 2. The molecule has 1 atom stereocenters. The van der Waals surface area contributed by atoms with Gasteiger partial charge >= 0.3 is 5.97 Å². The highest BCUT2D eigenvalue weighted by molar-refractivity contribution is 5.92. The van der Waals surface area contributed by atoms with E-state index in [2.05, 4.69) is 4.98 Å². The molecule has 138 valence electrons. The summed E-state index contributed by atoms with van der Waals surface area (Å²) < 4.78 is 7.38. The minimum Gasteiger partial charge on any atom is -0.443 e. The van der Waals surface area contributed by atoms with Gasteiger partial charge in [0.2, 0.25) is 6.10 Å². The number of imidazole rings is 1. The Kier molecular flexibility index (Phi) is 4.87. The summed E-state index contributed by atoms with van der Waals surface area (Å²) in [6, 6.07) is 14.7. The van der Waals surface area contributed by atoms with Gasteiger partial charge in [0.25, 0.3) is 5.91 Å². The highest BCUT2D eigenvalue weighted by atomic mass is 16.5. The maximum absolute atomic E-state index is 13.1. The number of piperidine rings is 1. The molecule has 0 unspecified atom stereocenters. The Hall–Kier alpha value is -3.15. The van der Waals surface area contributed by atoms with E-state index in [0.717, 1.165) is 19.3 Å². The quantitative estimate of drug-likeness (QED) is 0.668. The third-order valence-electron chi connectivity index (χ3n) is 4.85. The second kappa shape index (κ2) is 7.61. The number of hydrogen-bond acceptors (Lipinski definition) is 4. The van der Waals surface area contributed by atoms with E-state index in [-0.39, 0.29) is 5.91 Å². The molecule has 3 heterocycles. The minimum absolute atomic E-state index is 0.164. The summed E-state index contributed by atoms with van der Waals surface area (Å²) in [7, 11) is 0. The molecule has 1 fully saturated rings. The van der Waals surface area contributed by atoms with Crippen LogP contribution in [0.4, 0.5) is 0 Å². The van der Waals surface area contributed by atoms with Gasteiger partial charge in [0.15, 0.2) is 5.69 Å². The van der Waals surface area contributed by atoms with Gasteiger partial charge in [-0.05, 0) is 31.4 Å². The van der Waals surface area contributed by atoms with Crippen molar-refractivity contribution in [3.8, 4) is 0 Å². The van der Waals surface area contributed by atoms with Gasteiger partial charge in [-0.25, -0.2) is 9.78 Å². The molecule has 1 aromatic carbocycles. The first-order valence-corrected chi connectivity index (χ1v) is 9.21. The molecule has 1 saturated heterocycles. The average Bonchev–Trinajstić information content (AvgIpc) is 3.17. The normalized spacial score (nSPS) is 15.5. The van der Waals surface area contributed by atoms with Gasteiger partial charge in [0.1, 0.15) is 5.65 Å². The van der Waals surface area contributed by atoms with Crippen LogP contribution in [0.25, 0.3) is 5.65 Å². The first kappa shape index (κ1) is 17.3. The number of aromatic nitrogens is 2. The number of likely N-dealkylation sites (tertiary alicyclic amines) is 1. The molecule has 0 radical (unpaired) electrons. The van der Waals surface area contributed by atoms with Gasteiger partial charge in [0.05, 0.1) is 6.20 Å². The summed E-state index contributed by atoms with van der Waals surface area (Å²) in [4.78, 5) is 31.9. The molecular formula is C21H21N3O3. The molecular weight excluding hydrogens is 342 g/mol. The lowest BCUT2D eigenvalue weighted by Gasteiger charge is -2.30. The fourth-order valence-corrected chi connectivity index (χ4v) is 3.42. The Bertz CT molecular complexity index is 945. The van der Waals surface area contributed by atoms with Gasteiger partial charge in [-0.15, -0.1) is 0 Å². The molecule has 0 saturated carbocycles. The van der Waals surface area contributed by atoms with E-state index in [1.54, 1.807) is 15.5 Å². The monoisotopic (exact) mass is 363 g/mol. The highest BCUT2D eigenvalue weighted by Crippen LogP contribution is 2.24. The first-order valence-electron chi connectivity index (χ1n) is 9.21. The second-order valence-corrected chi connectivity index (χ2v) is 6.65. The van der Waals surface area contributed by atoms with Crippen LogP contribution >= 0.6 is 0 Å². The van der Waals surface area contributed by atoms with Crippen molar-refractivity contribution in [2.24, 2.45) is 0 Å². The maximum atomic E-state index is 13.1. The molecule has 3 aromatic rings. The van der Waals surface area contributed by atoms with Gasteiger partial charge in [-0.3, -0.25) is 9.20 Å². The maximum Gasteiger partial charge on any atom is 0.358 e. The van der Waals surface area contributed by atoms with Crippen molar-refractivity contribution in [1.82, 2.24) is 14.3 Å². The lowest BCUT2D eigenvalue weighted by Crippen LogP contribution is -2.40. The molecule has 2 aromatic heterocycles. The van der Waals surface area contributed by atoms with Crippen molar-refractivity contribution in [1.29, 1.82) is 0 Å². The number of esters is 1. The molecule has 0 bridgehead atoms. The summed E-state index contributed by atoms with van der Waals surface area (Å²) in [6.07, 6.45) is 5.37. The molecule has 4 rings (SSSR count). The van der Waals surface area contributed by atoms with E-state index in [1.807, 2.05) is 48.5 Å². The number of nitrogens with zero attached hydrogens (tertiary/aromatic N) is 3. The van der Waals surface area contributed by atoms with Crippen LogP contribution in [0.3, 0.4) is 0 Å². The smallest absolute Gasteiger partial charge is 0.358 e. The van der Waals surface area contributed by atoms with E-state index in [4.69, 9.17) is 4.74 Å². The number of fused-ring (bicyclic) bond motifs is 1. The number of amides is 1. The predicted octanol–water partition coefficient (Wildman–Crippen LogP) is 3.24. The van der Waals surface area contributed by atoms with Gasteiger partial charge < -0.3 is 9.64 Å². The fourth-order valence-electron chi connectivity index (χ4n) is 3.42. The Morgan fingerprint density at radius 1 is 0.963 bits per heavy atom. The lowest BCUT2D eigenvalue weighted by atomic mass is 10.1. The van der Waals surface area contributed by atoms with Crippen LogP contribution < -0.4 is 0 Å². The largest absolute Gasteiger partial charge is 0.443 e. The number of pyridine rings is 1. The summed E-state index contributed by atoms with van der Waals surface area (Å²) in [6.45, 7) is 1.41. The molecule has 0 spiro atoms. The third kappa shape index (κ3) is 3.56. The van der Waals surface area contributed by atoms with Crippen molar-refractivity contribution in [2.75, 3.05) is 13.1 Å². The van der Waals surface area contributed by atoms with E-state index < -0.39 is 12.1 Å². The molecule has 0 aliphatic carbocycles. The Morgan fingerprint density at radius 2 is 1.70 bits per heavy atom.